The van der Waals surface area contributed by atoms with Crippen LogP contribution in [0.4, 0.5) is 4.79 Å². The molecule has 9 heteroatoms. The van der Waals surface area contributed by atoms with Gasteiger partial charge in [-0.05, 0) is 49.3 Å². The molecule has 3 rings (SSSR count). The maximum Gasteiger partial charge on any atom is 0.416 e. The molecule has 4 amide bonds. The Morgan fingerprint density at radius 1 is 1.17 bits per heavy atom. The average Bonchev–Trinajstić information content (AvgIpc) is 2.87. The van der Waals surface area contributed by atoms with E-state index in [1.54, 1.807) is 12.1 Å². The SMILES string of the molecule is CCCCN1C(=O)[C@H](CC(C)C)NC(=O)C12CCN(Cc1ccc(C(=O)N(C)C(=O)OC)cc1)CC2. The van der Waals surface area contributed by atoms with Gasteiger partial charge in [-0.2, -0.15) is 0 Å². The topological polar surface area (TPSA) is 99.3 Å². The number of nitrogens with one attached hydrogen (secondary N) is 1. The first-order valence-electron chi connectivity index (χ1n) is 12.9. The van der Waals surface area contributed by atoms with Gasteiger partial charge in [0.25, 0.3) is 5.91 Å². The van der Waals surface area contributed by atoms with Crippen LogP contribution in [0.25, 0.3) is 0 Å². The highest BCUT2D eigenvalue weighted by Crippen LogP contribution is 2.34. The van der Waals surface area contributed by atoms with Gasteiger partial charge in [0.05, 0.1) is 7.11 Å². The maximum absolute atomic E-state index is 13.4. The van der Waals surface area contributed by atoms with Crippen molar-refractivity contribution in [3.63, 3.8) is 0 Å². The standard InChI is InChI=1S/C27H40N4O5/c1-6-7-14-31-24(33)22(17-19(2)3)28-25(34)27(31)12-15-30(16-13-27)18-20-8-10-21(11-9-20)23(32)29(4)26(35)36-5/h8-11,19,22H,6-7,12-18H2,1-5H3,(H,28,34)/t22-/m0/s1. The first kappa shape index (κ1) is 27.6. The molecule has 2 fully saturated rings. The van der Waals surface area contributed by atoms with Crippen LogP contribution in [0, 0.1) is 5.92 Å². The first-order chi connectivity index (χ1) is 17.1. The van der Waals surface area contributed by atoms with Gasteiger partial charge in [-0.3, -0.25) is 19.3 Å². The Morgan fingerprint density at radius 3 is 2.36 bits per heavy atom. The van der Waals surface area contributed by atoms with E-state index in [4.69, 9.17) is 0 Å². The Labute approximate surface area is 214 Å². The van der Waals surface area contributed by atoms with E-state index in [1.807, 2.05) is 17.0 Å². The number of methoxy groups -OCH3 is 1. The van der Waals surface area contributed by atoms with Gasteiger partial charge in [-0.25, -0.2) is 9.69 Å². The lowest BCUT2D eigenvalue weighted by molar-refractivity contribution is -0.161. The molecule has 0 radical (unpaired) electrons. The van der Waals surface area contributed by atoms with E-state index in [0.717, 1.165) is 23.3 Å². The fourth-order valence-corrected chi connectivity index (χ4v) is 5.15. The quantitative estimate of drug-likeness (QED) is 0.589. The smallest absolute Gasteiger partial charge is 0.416 e. The predicted molar refractivity (Wildman–Crippen MR) is 136 cm³/mol. The van der Waals surface area contributed by atoms with Gasteiger partial charge in [0.2, 0.25) is 11.8 Å². The molecule has 1 spiro atoms. The fourth-order valence-electron chi connectivity index (χ4n) is 5.15. The third kappa shape index (κ3) is 5.88. The van der Waals surface area contributed by atoms with E-state index < -0.39 is 23.6 Å². The number of carbonyl (C=O) groups is 4. The lowest BCUT2D eigenvalue weighted by atomic mass is 9.80. The zero-order valence-electron chi connectivity index (χ0n) is 22.2. The molecule has 0 bridgehead atoms. The second-order valence-electron chi connectivity index (χ2n) is 10.3. The summed E-state index contributed by atoms with van der Waals surface area (Å²) < 4.78 is 4.60. The summed E-state index contributed by atoms with van der Waals surface area (Å²) in [5, 5.41) is 3.05. The number of unbranched alkanes of at least 4 members (excludes halogenated alkanes) is 1. The van der Waals surface area contributed by atoms with Crippen LogP contribution in [0.2, 0.25) is 0 Å². The molecule has 0 unspecified atom stereocenters. The van der Waals surface area contributed by atoms with Crippen LogP contribution >= 0.6 is 0 Å². The van der Waals surface area contributed by atoms with Crippen LogP contribution in [0.15, 0.2) is 24.3 Å². The number of imide groups is 1. The van der Waals surface area contributed by atoms with Crippen LogP contribution in [0.1, 0.15) is 68.8 Å². The minimum Gasteiger partial charge on any atom is -0.452 e. The molecule has 36 heavy (non-hydrogen) atoms. The molecule has 198 valence electrons. The third-order valence-corrected chi connectivity index (χ3v) is 7.29. The molecule has 2 aliphatic rings. The molecule has 1 aromatic rings. The maximum atomic E-state index is 13.4. The minimum atomic E-state index is -0.773. The molecule has 0 aliphatic carbocycles. The van der Waals surface area contributed by atoms with Gasteiger partial charge in [0.15, 0.2) is 0 Å². The lowest BCUT2D eigenvalue weighted by Gasteiger charge is -2.52. The fraction of sp³-hybridized carbons (Fsp3) is 0.630. The van der Waals surface area contributed by atoms with Crippen molar-refractivity contribution in [3.8, 4) is 0 Å². The zero-order chi connectivity index (χ0) is 26.5. The number of amides is 4. The Hall–Kier alpha value is -2.94. The molecular weight excluding hydrogens is 460 g/mol. The monoisotopic (exact) mass is 500 g/mol. The van der Waals surface area contributed by atoms with Crippen LogP contribution in [-0.4, -0.2) is 83.9 Å². The average molecular weight is 501 g/mol. The molecule has 1 atom stereocenters. The number of piperidine rings is 1. The van der Waals surface area contributed by atoms with E-state index in [9.17, 15) is 19.2 Å². The second kappa shape index (κ2) is 11.9. The van der Waals surface area contributed by atoms with E-state index in [1.165, 1.54) is 14.2 Å². The summed E-state index contributed by atoms with van der Waals surface area (Å²) in [5.41, 5.74) is 0.668. The van der Waals surface area contributed by atoms with Crippen molar-refractivity contribution in [2.24, 2.45) is 5.92 Å². The van der Waals surface area contributed by atoms with Crippen LogP contribution < -0.4 is 5.32 Å². The van der Waals surface area contributed by atoms with Crippen molar-refractivity contribution in [1.29, 1.82) is 0 Å². The number of piperazine rings is 1. The van der Waals surface area contributed by atoms with E-state index in [2.05, 4.69) is 35.7 Å². The largest absolute Gasteiger partial charge is 0.452 e. The number of hydrogen-bond acceptors (Lipinski definition) is 6. The molecule has 2 aliphatic heterocycles. The Balaban J connectivity index is 1.65. The predicted octanol–water partition coefficient (Wildman–Crippen LogP) is 3.03. The van der Waals surface area contributed by atoms with Crippen molar-refractivity contribution >= 4 is 23.8 Å². The molecule has 9 nitrogen and oxygen atoms in total. The van der Waals surface area contributed by atoms with Crippen LogP contribution in [0.3, 0.4) is 0 Å². The van der Waals surface area contributed by atoms with E-state index >= 15 is 0 Å². The van der Waals surface area contributed by atoms with E-state index in [-0.39, 0.29) is 11.8 Å². The molecule has 0 saturated carbocycles. The summed E-state index contributed by atoms with van der Waals surface area (Å²) in [4.78, 5) is 55.9. The van der Waals surface area contributed by atoms with Crippen molar-refractivity contribution in [3.05, 3.63) is 35.4 Å². The lowest BCUT2D eigenvalue weighted by Crippen LogP contribution is -2.73. The minimum absolute atomic E-state index is 0.0129. The second-order valence-corrected chi connectivity index (χ2v) is 10.3. The summed E-state index contributed by atoms with van der Waals surface area (Å²) >= 11 is 0. The molecule has 0 aromatic heterocycles. The number of hydrogen-bond donors (Lipinski definition) is 1. The van der Waals surface area contributed by atoms with Gasteiger partial charge < -0.3 is 15.0 Å². The van der Waals surface area contributed by atoms with Crippen molar-refractivity contribution < 1.29 is 23.9 Å². The molecule has 1 N–H and O–H groups in total. The molecular formula is C27H40N4O5. The third-order valence-electron chi connectivity index (χ3n) is 7.29. The number of carbonyl (C=O) groups excluding carboxylic acids is 4. The van der Waals surface area contributed by atoms with Gasteiger partial charge in [-0.15, -0.1) is 0 Å². The van der Waals surface area contributed by atoms with E-state index in [0.29, 0.717) is 56.9 Å². The number of nitrogens with zero attached hydrogens (tertiary/aromatic N) is 3. The van der Waals surface area contributed by atoms with Crippen LogP contribution in [-0.2, 0) is 20.9 Å². The van der Waals surface area contributed by atoms with Gasteiger partial charge in [-0.1, -0.05) is 39.3 Å². The summed E-state index contributed by atoms with van der Waals surface area (Å²) in [6, 6.07) is 6.74. The van der Waals surface area contributed by atoms with Crippen molar-refractivity contribution in [1.82, 2.24) is 20.0 Å². The summed E-state index contributed by atoms with van der Waals surface area (Å²) in [6.45, 7) is 8.93. The molecule has 2 heterocycles. The molecule has 1 aromatic carbocycles. The van der Waals surface area contributed by atoms with Crippen molar-refractivity contribution in [2.75, 3.05) is 33.8 Å². The number of benzene rings is 1. The van der Waals surface area contributed by atoms with Gasteiger partial charge in [0, 0.05) is 38.8 Å². The van der Waals surface area contributed by atoms with Gasteiger partial charge >= 0.3 is 6.09 Å². The Bertz CT molecular complexity index is 953. The number of rotatable bonds is 8. The normalized spacial score (nSPS) is 19.9. The Morgan fingerprint density at radius 2 is 1.81 bits per heavy atom. The highest BCUT2D eigenvalue weighted by atomic mass is 16.5. The summed E-state index contributed by atoms with van der Waals surface area (Å²) in [6.07, 6.45) is 3.00. The summed E-state index contributed by atoms with van der Waals surface area (Å²) in [5.74, 6) is -0.0570. The number of likely N-dealkylation sites (tertiary alicyclic amines) is 1. The number of ether oxygens (including phenoxy) is 1. The first-order valence-corrected chi connectivity index (χ1v) is 12.9. The van der Waals surface area contributed by atoms with Crippen molar-refractivity contribution in [2.45, 2.75) is 71.0 Å². The Kier molecular flexibility index (Phi) is 9.11. The molecule has 2 saturated heterocycles. The highest BCUT2D eigenvalue weighted by Gasteiger charge is 2.53. The van der Waals surface area contributed by atoms with Gasteiger partial charge in [0.1, 0.15) is 11.6 Å². The summed E-state index contributed by atoms with van der Waals surface area (Å²) in [7, 11) is 2.62. The van der Waals surface area contributed by atoms with Crippen LogP contribution in [0.5, 0.6) is 0 Å². The highest BCUT2D eigenvalue weighted by molar-refractivity contribution is 6.02. The zero-order valence-corrected chi connectivity index (χ0v) is 22.2.